The predicted octanol–water partition coefficient (Wildman–Crippen LogP) is 4.38. The average Bonchev–Trinajstić information content (AvgIpc) is 3.03. The number of hydrogen-bond acceptors (Lipinski definition) is 3. The lowest BCUT2D eigenvalue weighted by Crippen LogP contribution is -2.20. The van der Waals surface area contributed by atoms with Crippen LogP contribution in [0.25, 0.3) is 0 Å². The van der Waals surface area contributed by atoms with Gasteiger partial charge in [-0.15, -0.1) is 11.3 Å². The molecular formula is C17H15N3OS. The smallest absolute Gasteiger partial charge is 0.307 e. The summed E-state index contributed by atoms with van der Waals surface area (Å²) in [5.74, 6) is 0. The van der Waals surface area contributed by atoms with Crippen LogP contribution in [0, 0.1) is 0 Å². The number of nitrogens with zero attached hydrogens (tertiary/aromatic N) is 1. The summed E-state index contributed by atoms with van der Waals surface area (Å²) >= 11 is 1.39. The molecule has 0 aliphatic rings. The van der Waals surface area contributed by atoms with E-state index >= 15 is 0 Å². The second-order valence-corrected chi connectivity index (χ2v) is 5.63. The SMILES string of the molecule is O=C(Nc1nccs1)Nc1ccccc1Cc1ccccc1. The van der Waals surface area contributed by atoms with Crippen LogP contribution in [-0.4, -0.2) is 11.0 Å². The van der Waals surface area contributed by atoms with Crippen molar-refractivity contribution in [2.45, 2.75) is 6.42 Å². The number of rotatable bonds is 4. The molecule has 0 saturated heterocycles. The molecule has 2 aromatic carbocycles. The maximum Gasteiger partial charge on any atom is 0.325 e. The molecule has 3 rings (SSSR count). The summed E-state index contributed by atoms with van der Waals surface area (Å²) in [6.45, 7) is 0. The number of urea groups is 1. The van der Waals surface area contributed by atoms with Gasteiger partial charge in [0.15, 0.2) is 5.13 Å². The predicted molar refractivity (Wildman–Crippen MR) is 90.4 cm³/mol. The van der Waals surface area contributed by atoms with Crippen molar-refractivity contribution < 1.29 is 4.79 Å². The summed E-state index contributed by atoms with van der Waals surface area (Å²) in [5.41, 5.74) is 3.08. The number of thiazole rings is 1. The molecule has 0 radical (unpaired) electrons. The van der Waals surface area contributed by atoms with E-state index in [2.05, 4.69) is 27.8 Å². The van der Waals surface area contributed by atoms with Crippen molar-refractivity contribution in [3.63, 3.8) is 0 Å². The van der Waals surface area contributed by atoms with Crippen LogP contribution in [-0.2, 0) is 6.42 Å². The molecule has 0 bridgehead atoms. The van der Waals surface area contributed by atoms with E-state index in [1.807, 2.05) is 47.8 Å². The maximum absolute atomic E-state index is 12.0. The van der Waals surface area contributed by atoms with Crippen LogP contribution in [0.2, 0.25) is 0 Å². The van der Waals surface area contributed by atoms with E-state index in [1.54, 1.807) is 6.20 Å². The summed E-state index contributed by atoms with van der Waals surface area (Å²) in [4.78, 5) is 16.1. The number of anilines is 2. The van der Waals surface area contributed by atoms with Gasteiger partial charge in [-0.2, -0.15) is 0 Å². The minimum Gasteiger partial charge on any atom is -0.307 e. The van der Waals surface area contributed by atoms with Gasteiger partial charge >= 0.3 is 6.03 Å². The Morgan fingerprint density at radius 1 is 1.00 bits per heavy atom. The van der Waals surface area contributed by atoms with E-state index in [0.717, 1.165) is 17.7 Å². The number of para-hydroxylation sites is 1. The zero-order valence-corrected chi connectivity index (χ0v) is 12.6. The van der Waals surface area contributed by atoms with Crippen molar-refractivity contribution in [2.75, 3.05) is 10.6 Å². The molecule has 1 heterocycles. The Bertz CT molecular complexity index is 742. The minimum absolute atomic E-state index is 0.282. The van der Waals surface area contributed by atoms with Crippen LogP contribution in [0.1, 0.15) is 11.1 Å². The van der Waals surface area contributed by atoms with Gasteiger partial charge in [0.2, 0.25) is 0 Å². The van der Waals surface area contributed by atoms with Crippen LogP contribution < -0.4 is 10.6 Å². The van der Waals surface area contributed by atoms with Crippen molar-refractivity contribution in [3.05, 3.63) is 77.3 Å². The Balaban J connectivity index is 1.72. The van der Waals surface area contributed by atoms with E-state index in [4.69, 9.17) is 0 Å². The molecule has 0 spiro atoms. The van der Waals surface area contributed by atoms with E-state index in [-0.39, 0.29) is 6.03 Å². The van der Waals surface area contributed by atoms with Gasteiger partial charge < -0.3 is 5.32 Å². The Morgan fingerprint density at radius 2 is 1.77 bits per heavy atom. The molecule has 2 amide bonds. The molecule has 0 fully saturated rings. The fourth-order valence-corrected chi connectivity index (χ4v) is 2.67. The number of carbonyl (C=O) groups excluding carboxylic acids is 1. The van der Waals surface area contributed by atoms with Crippen molar-refractivity contribution in [2.24, 2.45) is 0 Å². The van der Waals surface area contributed by atoms with E-state index in [9.17, 15) is 4.79 Å². The first kappa shape index (κ1) is 14.3. The number of carbonyl (C=O) groups is 1. The first-order valence-electron chi connectivity index (χ1n) is 6.90. The quantitative estimate of drug-likeness (QED) is 0.751. The highest BCUT2D eigenvalue weighted by Gasteiger charge is 2.08. The molecule has 5 heteroatoms. The van der Waals surface area contributed by atoms with Crippen molar-refractivity contribution in [1.82, 2.24) is 4.98 Å². The third-order valence-electron chi connectivity index (χ3n) is 3.16. The standard InChI is InChI=1S/C17H15N3OS/c21-16(20-17-18-10-11-22-17)19-15-9-5-4-8-14(15)12-13-6-2-1-3-7-13/h1-11H,12H2,(H2,18,19,20,21). The van der Waals surface area contributed by atoms with Crippen molar-refractivity contribution in [3.8, 4) is 0 Å². The molecule has 110 valence electrons. The molecule has 2 N–H and O–H groups in total. The summed E-state index contributed by atoms with van der Waals surface area (Å²) in [6, 6.07) is 17.7. The normalized spacial score (nSPS) is 10.2. The third-order valence-corrected chi connectivity index (χ3v) is 3.84. The first-order valence-corrected chi connectivity index (χ1v) is 7.78. The van der Waals surface area contributed by atoms with Crippen LogP contribution in [0.3, 0.4) is 0 Å². The number of amides is 2. The molecule has 22 heavy (non-hydrogen) atoms. The minimum atomic E-state index is -0.282. The Hall–Kier alpha value is -2.66. The van der Waals surface area contributed by atoms with Crippen molar-refractivity contribution in [1.29, 1.82) is 0 Å². The number of hydrogen-bond donors (Lipinski definition) is 2. The maximum atomic E-state index is 12.0. The van der Waals surface area contributed by atoms with Gasteiger partial charge in [0.25, 0.3) is 0 Å². The topological polar surface area (TPSA) is 54.0 Å². The fourth-order valence-electron chi connectivity index (χ4n) is 2.15. The van der Waals surface area contributed by atoms with Gasteiger partial charge in [-0.3, -0.25) is 5.32 Å². The van der Waals surface area contributed by atoms with Gasteiger partial charge in [0.1, 0.15) is 0 Å². The number of aromatic nitrogens is 1. The van der Waals surface area contributed by atoms with Gasteiger partial charge in [0.05, 0.1) is 0 Å². The lowest BCUT2D eigenvalue weighted by atomic mass is 10.0. The molecule has 4 nitrogen and oxygen atoms in total. The summed E-state index contributed by atoms with van der Waals surface area (Å²) in [7, 11) is 0. The second-order valence-electron chi connectivity index (χ2n) is 4.74. The molecule has 0 atom stereocenters. The first-order chi connectivity index (χ1) is 10.8. The Morgan fingerprint density at radius 3 is 2.55 bits per heavy atom. The lowest BCUT2D eigenvalue weighted by molar-refractivity contribution is 0.262. The molecule has 0 unspecified atom stereocenters. The van der Waals surface area contributed by atoms with E-state index in [1.165, 1.54) is 16.9 Å². The van der Waals surface area contributed by atoms with Gasteiger partial charge in [-0.1, -0.05) is 48.5 Å². The third kappa shape index (κ3) is 3.71. The average molecular weight is 309 g/mol. The Kier molecular flexibility index (Phi) is 4.46. The van der Waals surface area contributed by atoms with E-state index < -0.39 is 0 Å². The Labute approximate surface area is 132 Å². The number of benzene rings is 2. The zero-order valence-electron chi connectivity index (χ0n) is 11.8. The summed E-state index contributed by atoms with van der Waals surface area (Å²) in [5, 5.41) is 8.00. The van der Waals surface area contributed by atoms with Crippen molar-refractivity contribution >= 4 is 28.2 Å². The molecule has 1 aromatic heterocycles. The highest BCUT2D eigenvalue weighted by atomic mass is 32.1. The van der Waals surface area contributed by atoms with Gasteiger partial charge in [-0.25, -0.2) is 9.78 Å². The van der Waals surface area contributed by atoms with Crippen LogP contribution in [0.15, 0.2) is 66.2 Å². The van der Waals surface area contributed by atoms with Crippen LogP contribution in [0.4, 0.5) is 15.6 Å². The fraction of sp³-hybridized carbons (Fsp3) is 0.0588. The van der Waals surface area contributed by atoms with E-state index in [0.29, 0.717) is 5.13 Å². The largest absolute Gasteiger partial charge is 0.325 e. The highest BCUT2D eigenvalue weighted by Crippen LogP contribution is 2.19. The number of nitrogens with one attached hydrogen (secondary N) is 2. The molecule has 0 aliphatic heterocycles. The zero-order chi connectivity index (χ0) is 15.2. The second kappa shape index (κ2) is 6.87. The summed E-state index contributed by atoms with van der Waals surface area (Å²) in [6.07, 6.45) is 2.43. The lowest BCUT2D eigenvalue weighted by Gasteiger charge is -2.11. The molecule has 0 saturated carbocycles. The van der Waals surface area contributed by atoms with Crippen LogP contribution >= 0.6 is 11.3 Å². The monoisotopic (exact) mass is 309 g/mol. The summed E-state index contributed by atoms with van der Waals surface area (Å²) < 4.78 is 0. The van der Waals surface area contributed by atoms with Gasteiger partial charge in [0, 0.05) is 17.3 Å². The molecule has 3 aromatic rings. The van der Waals surface area contributed by atoms with Gasteiger partial charge in [-0.05, 0) is 23.6 Å². The molecular weight excluding hydrogens is 294 g/mol. The molecule has 0 aliphatic carbocycles. The highest BCUT2D eigenvalue weighted by molar-refractivity contribution is 7.13. The van der Waals surface area contributed by atoms with Crippen LogP contribution in [0.5, 0.6) is 0 Å².